The van der Waals surface area contributed by atoms with Gasteiger partial charge in [-0.25, -0.2) is 9.07 Å². The van der Waals surface area contributed by atoms with Crippen LogP contribution in [0.3, 0.4) is 0 Å². The van der Waals surface area contributed by atoms with E-state index in [2.05, 4.69) is 31.2 Å². The average molecular weight is 317 g/mol. The van der Waals surface area contributed by atoms with Gasteiger partial charge in [0.1, 0.15) is 11.6 Å². The number of nitrogens with one attached hydrogen (secondary N) is 1. The summed E-state index contributed by atoms with van der Waals surface area (Å²) < 4.78 is 14.8. The molecule has 2 rings (SSSR count). The van der Waals surface area contributed by atoms with Gasteiger partial charge in [0.25, 0.3) is 0 Å². The molecular weight excluding hydrogens is 293 g/mol. The van der Waals surface area contributed by atoms with Crippen LogP contribution in [0.2, 0.25) is 0 Å². The number of hydrogen-bond donors (Lipinski definition) is 1. The number of benzene rings is 1. The van der Waals surface area contributed by atoms with Gasteiger partial charge in [0.05, 0.1) is 11.4 Å². The Bertz CT molecular complexity index is 703. The lowest BCUT2D eigenvalue weighted by molar-refractivity contribution is -0.123. The molecule has 1 aromatic carbocycles. The van der Waals surface area contributed by atoms with Crippen molar-refractivity contribution in [3.8, 4) is 5.69 Å². The number of amides is 1. The number of hydrogen-bond acceptors (Lipinski definition) is 2. The molecule has 23 heavy (non-hydrogen) atoms. The molecule has 0 atom stereocenters. The second-order valence-electron chi connectivity index (χ2n) is 7.76. The molecule has 1 N–H and O–H groups in total. The van der Waals surface area contributed by atoms with E-state index in [1.165, 1.54) is 12.1 Å². The van der Waals surface area contributed by atoms with Crippen molar-refractivity contribution >= 4 is 11.7 Å². The third-order valence-corrected chi connectivity index (χ3v) is 3.47. The minimum atomic E-state index is -0.514. The van der Waals surface area contributed by atoms with Crippen molar-refractivity contribution in [2.45, 2.75) is 47.0 Å². The number of rotatable bonds is 2. The maximum absolute atomic E-state index is 13.2. The van der Waals surface area contributed by atoms with Crippen molar-refractivity contribution in [1.29, 1.82) is 0 Å². The SMILES string of the molecule is CC(C)(C)C(=O)Nc1cc(C(C)(C)C)nn1-c1ccc(F)cc1. The Balaban J connectivity index is 2.49. The van der Waals surface area contributed by atoms with Crippen molar-refractivity contribution in [1.82, 2.24) is 9.78 Å². The van der Waals surface area contributed by atoms with E-state index < -0.39 is 5.41 Å². The summed E-state index contributed by atoms with van der Waals surface area (Å²) in [6.07, 6.45) is 0. The molecule has 0 fully saturated rings. The Kier molecular flexibility index (Phi) is 4.33. The van der Waals surface area contributed by atoms with E-state index in [0.29, 0.717) is 11.5 Å². The molecule has 0 saturated carbocycles. The maximum Gasteiger partial charge on any atom is 0.230 e. The summed E-state index contributed by atoms with van der Waals surface area (Å²) in [6.45, 7) is 11.7. The van der Waals surface area contributed by atoms with E-state index in [0.717, 1.165) is 5.69 Å². The smallest absolute Gasteiger partial charge is 0.230 e. The van der Waals surface area contributed by atoms with Crippen LogP contribution in [-0.2, 0) is 10.2 Å². The summed E-state index contributed by atoms with van der Waals surface area (Å²) in [5.74, 6) is 0.180. The number of nitrogens with zero attached hydrogens (tertiary/aromatic N) is 2. The van der Waals surface area contributed by atoms with Crippen LogP contribution >= 0.6 is 0 Å². The maximum atomic E-state index is 13.2. The predicted octanol–water partition coefficient (Wildman–Crippen LogP) is 4.29. The molecule has 0 aliphatic carbocycles. The largest absolute Gasteiger partial charge is 0.310 e. The highest BCUT2D eigenvalue weighted by molar-refractivity contribution is 5.94. The standard InChI is InChI=1S/C18H24FN3O/c1-17(2,3)14-11-15(20-16(23)18(4,5)6)22(21-14)13-9-7-12(19)8-10-13/h7-11H,1-6H3,(H,20,23). The fraction of sp³-hybridized carbons (Fsp3) is 0.444. The van der Waals surface area contributed by atoms with Crippen LogP contribution in [0.15, 0.2) is 30.3 Å². The summed E-state index contributed by atoms with van der Waals surface area (Å²) in [7, 11) is 0. The van der Waals surface area contributed by atoms with E-state index in [1.54, 1.807) is 16.8 Å². The molecule has 4 nitrogen and oxygen atoms in total. The molecule has 0 bridgehead atoms. The second-order valence-corrected chi connectivity index (χ2v) is 7.76. The van der Waals surface area contributed by atoms with Gasteiger partial charge >= 0.3 is 0 Å². The normalized spacial score (nSPS) is 12.3. The first-order valence-corrected chi connectivity index (χ1v) is 7.66. The monoisotopic (exact) mass is 317 g/mol. The first-order chi connectivity index (χ1) is 10.5. The van der Waals surface area contributed by atoms with E-state index in [1.807, 2.05) is 26.8 Å². The minimum Gasteiger partial charge on any atom is -0.310 e. The third-order valence-electron chi connectivity index (χ3n) is 3.47. The fourth-order valence-corrected chi connectivity index (χ4v) is 1.92. The number of aromatic nitrogens is 2. The van der Waals surface area contributed by atoms with Gasteiger partial charge in [-0.1, -0.05) is 41.5 Å². The molecule has 5 heteroatoms. The van der Waals surface area contributed by atoms with Crippen LogP contribution in [-0.4, -0.2) is 15.7 Å². The zero-order valence-corrected chi connectivity index (χ0v) is 14.6. The molecule has 1 aromatic heterocycles. The van der Waals surface area contributed by atoms with Crippen molar-refractivity contribution in [2.24, 2.45) is 5.41 Å². The van der Waals surface area contributed by atoms with Gasteiger partial charge < -0.3 is 5.32 Å². The fourth-order valence-electron chi connectivity index (χ4n) is 1.92. The zero-order chi connectivity index (χ0) is 17.4. The Labute approximate surface area is 136 Å². The molecule has 0 aliphatic rings. The molecule has 0 radical (unpaired) electrons. The molecule has 0 spiro atoms. The lowest BCUT2D eigenvalue weighted by Crippen LogP contribution is -2.28. The van der Waals surface area contributed by atoms with E-state index in [4.69, 9.17) is 0 Å². The van der Waals surface area contributed by atoms with Crippen LogP contribution in [0.25, 0.3) is 5.69 Å². The zero-order valence-electron chi connectivity index (χ0n) is 14.6. The van der Waals surface area contributed by atoms with Crippen LogP contribution in [0.4, 0.5) is 10.2 Å². The highest BCUT2D eigenvalue weighted by atomic mass is 19.1. The van der Waals surface area contributed by atoms with Gasteiger partial charge in [-0.2, -0.15) is 5.10 Å². The van der Waals surface area contributed by atoms with Gasteiger partial charge in [-0.05, 0) is 24.3 Å². The van der Waals surface area contributed by atoms with Crippen LogP contribution in [0.1, 0.15) is 47.2 Å². The van der Waals surface area contributed by atoms with Gasteiger partial charge in [0.2, 0.25) is 5.91 Å². The predicted molar refractivity (Wildman–Crippen MR) is 90.3 cm³/mol. The topological polar surface area (TPSA) is 46.9 Å². The molecule has 0 saturated heterocycles. The van der Waals surface area contributed by atoms with Crippen molar-refractivity contribution in [2.75, 3.05) is 5.32 Å². The van der Waals surface area contributed by atoms with Gasteiger partial charge in [-0.3, -0.25) is 4.79 Å². The number of halogens is 1. The van der Waals surface area contributed by atoms with E-state index in [9.17, 15) is 9.18 Å². The van der Waals surface area contributed by atoms with Gasteiger partial charge in [0, 0.05) is 16.9 Å². The number of anilines is 1. The molecule has 1 heterocycles. The first kappa shape index (κ1) is 17.2. The minimum absolute atomic E-state index is 0.0961. The molecule has 0 unspecified atom stereocenters. The number of carbonyl (C=O) groups excluding carboxylic acids is 1. The van der Waals surface area contributed by atoms with E-state index >= 15 is 0 Å². The lowest BCUT2D eigenvalue weighted by Gasteiger charge is -2.18. The molecule has 1 amide bonds. The highest BCUT2D eigenvalue weighted by Gasteiger charge is 2.25. The Morgan fingerprint density at radius 3 is 2.13 bits per heavy atom. The van der Waals surface area contributed by atoms with Crippen LogP contribution in [0, 0.1) is 11.2 Å². The molecule has 2 aromatic rings. The number of carbonyl (C=O) groups is 1. The van der Waals surface area contributed by atoms with Crippen LogP contribution in [0.5, 0.6) is 0 Å². The summed E-state index contributed by atoms with van der Waals surface area (Å²) in [5.41, 5.74) is 0.879. The van der Waals surface area contributed by atoms with Crippen molar-refractivity contribution < 1.29 is 9.18 Å². The quantitative estimate of drug-likeness (QED) is 0.898. The van der Waals surface area contributed by atoms with Crippen molar-refractivity contribution in [3.63, 3.8) is 0 Å². The Morgan fingerprint density at radius 1 is 1.09 bits per heavy atom. The first-order valence-electron chi connectivity index (χ1n) is 7.66. The summed E-state index contributed by atoms with van der Waals surface area (Å²) in [6, 6.07) is 7.91. The average Bonchev–Trinajstić information content (AvgIpc) is 2.82. The van der Waals surface area contributed by atoms with Crippen LogP contribution < -0.4 is 5.32 Å². The Morgan fingerprint density at radius 2 is 1.65 bits per heavy atom. The third kappa shape index (κ3) is 3.97. The van der Waals surface area contributed by atoms with E-state index in [-0.39, 0.29) is 17.1 Å². The molecule has 124 valence electrons. The van der Waals surface area contributed by atoms with Crippen molar-refractivity contribution in [3.05, 3.63) is 41.8 Å². The van der Waals surface area contributed by atoms with Gasteiger partial charge in [-0.15, -0.1) is 0 Å². The summed E-state index contributed by atoms with van der Waals surface area (Å²) in [5, 5.41) is 7.52. The lowest BCUT2D eigenvalue weighted by atomic mass is 9.92. The highest BCUT2D eigenvalue weighted by Crippen LogP contribution is 2.27. The molecule has 0 aliphatic heterocycles. The second kappa shape index (κ2) is 5.80. The summed E-state index contributed by atoms with van der Waals surface area (Å²) >= 11 is 0. The van der Waals surface area contributed by atoms with Gasteiger partial charge in [0.15, 0.2) is 0 Å². The molecular formula is C18H24FN3O. The summed E-state index contributed by atoms with van der Waals surface area (Å²) in [4.78, 5) is 12.3. The Hall–Kier alpha value is -2.17.